The molecule has 6 nitrogen and oxygen atoms in total. The van der Waals surface area contributed by atoms with E-state index in [4.69, 9.17) is 0 Å². The number of rotatable bonds is 3. The molecule has 0 aromatic heterocycles. The highest BCUT2D eigenvalue weighted by atomic mass is 79.9. The summed E-state index contributed by atoms with van der Waals surface area (Å²) >= 11 is 3.14. The Morgan fingerprint density at radius 2 is 2.05 bits per heavy atom. The second kappa shape index (κ2) is 5.88. The fourth-order valence-corrected chi connectivity index (χ4v) is 1.99. The largest absolute Gasteiger partial charge is 0.502 e. The zero-order valence-electron chi connectivity index (χ0n) is 10.3. The van der Waals surface area contributed by atoms with Gasteiger partial charge in [-0.1, -0.05) is 6.07 Å². The number of carbonyl (C=O) groups excluding carboxylic acids is 1. The first kappa shape index (κ1) is 14.9. The van der Waals surface area contributed by atoms with Crippen molar-refractivity contribution in [2.24, 2.45) is 0 Å². The molecule has 2 rings (SSSR count). The molecule has 8 heteroatoms. The van der Waals surface area contributed by atoms with Crippen LogP contribution in [0.2, 0.25) is 0 Å². The Morgan fingerprint density at radius 1 is 1.33 bits per heavy atom. The molecule has 21 heavy (non-hydrogen) atoms. The number of halogens is 2. The van der Waals surface area contributed by atoms with Crippen molar-refractivity contribution < 1.29 is 19.2 Å². The maximum absolute atomic E-state index is 13.1. The van der Waals surface area contributed by atoms with Gasteiger partial charge in [0.25, 0.3) is 5.91 Å². The van der Waals surface area contributed by atoms with Crippen molar-refractivity contribution in [3.05, 3.63) is 62.4 Å². The lowest BCUT2D eigenvalue weighted by Gasteiger charge is -2.08. The quantitative estimate of drug-likeness (QED) is 0.652. The second-order valence-electron chi connectivity index (χ2n) is 4.01. The molecule has 108 valence electrons. The standard InChI is InChI=1S/C13H8BrFN2O4/c14-9-5-4-7(15)6-10(9)16-13(19)8-2-1-3-11(12(8)18)17(20)21/h1-6,18H,(H,16,19). The Bertz CT molecular complexity index is 736. The van der Waals surface area contributed by atoms with E-state index in [1.807, 2.05) is 0 Å². The minimum atomic E-state index is -0.801. The van der Waals surface area contributed by atoms with Gasteiger partial charge in [-0.05, 0) is 40.2 Å². The summed E-state index contributed by atoms with van der Waals surface area (Å²) in [6.07, 6.45) is 0. The van der Waals surface area contributed by atoms with Crippen molar-refractivity contribution in [2.75, 3.05) is 5.32 Å². The first-order valence-corrected chi connectivity index (χ1v) is 6.42. The average Bonchev–Trinajstić information content (AvgIpc) is 2.42. The van der Waals surface area contributed by atoms with Gasteiger partial charge in [0.05, 0.1) is 16.2 Å². The molecule has 2 aromatic rings. The van der Waals surface area contributed by atoms with Gasteiger partial charge in [0.1, 0.15) is 5.82 Å². The third kappa shape index (κ3) is 3.16. The number of nitrogens with one attached hydrogen (secondary N) is 1. The third-order valence-electron chi connectivity index (χ3n) is 2.63. The number of hydrogen-bond donors (Lipinski definition) is 2. The fraction of sp³-hybridized carbons (Fsp3) is 0. The molecule has 0 fully saturated rings. The van der Waals surface area contributed by atoms with E-state index in [-0.39, 0.29) is 11.3 Å². The zero-order valence-corrected chi connectivity index (χ0v) is 11.9. The summed E-state index contributed by atoms with van der Waals surface area (Å²) in [5.41, 5.74) is -0.716. The number of anilines is 1. The molecule has 0 saturated heterocycles. The summed E-state index contributed by atoms with van der Waals surface area (Å²) in [5.74, 6) is -2.09. The van der Waals surface area contributed by atoms with E-state index in [0.717, 1.165) is 12.1 Å². The number of phenols is 1. The Kier molecular flexibility index (Phi) is 4.18. The Balaban J connectivity index is 2.35. The summed E-state index contributed by atoms with van der Waals surface area (Å²) in [5, 5.41) is 22.8. The van der Waals surface area contributed by atoms with Crippen LogP contribution in [-0.4, -0.2) is 15.9 Å². The normalized spacial score (nSPS) is 10.2. The number of carbonyl (C=O) groups is 1. The number of benzene rings is 2. The summed E-state index contributed by atoms with van der Waals surface area (Å²) < 4.78 is 13.6. The van der Waals surface area contributed by atoms with E-state index in [1.54, 1.807) is 0 Å². The number of nitro benzene ring substituents is 1. The number of amides is 1. The molecular weight excluding hydrogens is 347 g/mol. The van der Waals surface area contributed by atoms with Gasteiger partial charge in [-0.15, -0.1) is 0 Å². The fourth-order valence-electron chi connectivity index (χ4n) is 1.64. The Morgan fingerprint density at radius 3 is 2.71 bits per heavy atom. The SMILES string of the molecule is O=C(Nc1cc(F)ccc1Br)c1cccc([N+](=O)[O-])c1O. The van der Waals surface area contributed by atoms with E-state index < -0.39 is 28.1 Å². The smallest absolute Gasteiger partial charge is 0.311 e. The summed E-state index contributed by atoms with van der Waals surface area (Å²) in [7, 11) is 0. The molecule has 0 aliphatic rings. The summed E-state index contributed by atoms with van der Waals surface area (Å²) in [6, 6.07) is 7.25. The number of para-hydroxylation sites is 1. The monoisotopic (exact) mass is 354 g/mol. The van der Waals surface area contributed by atoms with Crippen molar-refractivity contribution in [3.63, 3.8) is 0 Å². The predicted octanol–water partition coefficient (Wildman–Crippen LogP) is 3.45. The number of nitro groups is 1. The van der Waals surface area contributed by atoms with Crippen molar-refractivity contribution >= 4 is 33.2 Å². The van der Waals surface area contributed by atoms with E-state index in [9.17, 15) is 24.4 Å². The molecule has 2 N–H and O–H groups in total. The average molecular weight is 355 g/mol. The van der Waals surface area contributed by atoms with Crippen molar-refractivity contribution in [1.29, 1.82) is 0 Å². The highest BCUT2D eigenvalue weighted by Gasteiger charge is 2.21. The van der Waals surface area contributed by atoms with Gasteiger partial charge in [0, 0.05) is 10.5 Å². The lowest BCUT2D eigenvalue weighted by Crippen LogP contribution is -2.13. The summed E-state index contributed by atoms with van der Waals surface area (Å²) in [4.78, 5) is 21.9. The van der Waals surface area contributed by atoms with E-state index in [1.165, 1.54) is 24.3 Å². The number of hydrogen-bond acceptors (Lipinski definition) is 4. The van der Waals surface area contributed by atoms with Crippen LogP contribution in [0.1, 0.15) is 10.4 Å². The third-order valence-corrected chi connectivity index (χ3v) is 3.32. The van der Waals surface area contributed by atoms with Crippen LogP contribution in [0, 0.1) is 15.9 Å². The molecule has 0 atom stereocenters. The van der Waals surface area contributed by atoms with Gasteiger partial charge in [-0.25, -0.2) is 4.39 Å². The van der Waals surface area contributed by atoms with Crippen LogP contribution in [0.5, 0.6) is 5.75 Å². The van der Waals surface area contributed by atoms with Crippen LogP contribution in [0.3, 0.4) is 0 Å². The van der Waals surface area contributed by atoms with Crippen molar-refractivity contribution in [2.45, 2.75) is 0 Å². The molecule has 0 spiro atoms. The van der Waals surface area contributed by atoms with Gasteiger partial charge in [-0.2, -0.15) is 0 Å². The van der Waals surface area contributed by atoms with E-state index in [0.29, 0.717) is 4.47 Å². The van der Waals surface area contributed by atoms with Crippen LogP contribution in [0.25, 0.3) is 0 Å². The van der Waals surface area contributed by atoms with Crippen LogP contribution < -0.4 is 5.32 Å². The molecule has 0 unspecified atom stereocenters. The first-order chi connectivity index (χ1) is 9.90. The maximum Gasteiger partial charge on any atom is 0.311 e. The van der Waals surface area contributed by atoms with Gasteiger partial charge < -0.3 is 10.4 Å². The highest BCUT2D eigenvalue weighted by molar-refractivity contribution is 9.10. The lowest BCUT2D eigenvalue weighted by molar-refractivity contribution is -0.385. The molecule has 0 bridgehead atoms. The number of nitrogens with zero attached hydrogens (tertiary/aromatic N) is 1. The molecule has 2 aromatic carbocycles. The Labute approximate surface area is 126 Å². The molecule has 0 radical (unpaired) electrons. The molecule has 0 aliphatic heterocycles. The predicted molar refractivity (Wildman–Crippen MR) is 76.8 cm³/mol. The minimum Gasteiger partial charge on any atom is -0.502 e. The minimum absolute atomic E-state index is 0.144. The maximum atomic E-state index is 13.1. The van der Waals surface area contributed by atoms with Crippen molar-refractivity contribution in [3.8, 4) is 5.75 Å². The van der Waals surface area contributed by atoms with Gasteiger partial charge in [0.2, 0.25) is 5.75 Å². The number of phenolic OH excluding ortho intramolecular Hbond substituents is 1. The molecular formula is C13H8BrFN2O4. The highest BCUT2D eigenvalue weighted by Crippen LogP contribution is 2.30. The van der Waals surface area contributed by atoms with Gasteiger partial charge >= 0.3 is 5.69 Å². The van der Waals surface area contributed by atoms with Crippen LogP contribution >= 0.6 is 15.9 Å². The van der Waals surface area contributed by atoms with Crippen LogP contribution in [0.4, 0.5) is 15.8 Å². The van der Waals surface area contributed by atoms with Gasteiger partial charge in [0.15, 0.2) is 0 Å². The van der Waals surface area contributed by atoms with E-state index >= 15 is 0 Å². The molecule has 0 heterocycles. The zero-order chi connectivity index (χ0) is 15.6. The van der Waals surface area contributed by atoms with Crippen LogP contribution in [0.15, 0.2) is 40.9 Å². The molecule has 0 saturated carbocycles. The first-order valence-electron chi connectivity index (χ1n) is 5.63. The Hall–Kier alpha value is -2.48. The van der Waals surface area contributed by atoms with Crippen LogP contribution in [-0.2, 0) is 0 Å². The number of aromatic hydroxyl groups is 1. The summed E-state index contributed by atoms with van der Waals surface area (Å²) in [6.45, 7) is 0. The molecule has 0 aliphatic carbocycles. The van der Waals surface area contributed by atoms with Crippen molar-refractivity contribution in [1.82, 2.24) is 0 Å². The second-order valence-corrected chi connectivity index (χ2v) is 4.86. The van der Waals surface area contributed by atoms with E-state index in [2.05, 4.69) is 21.2 Å². The lowest BCUT2D eigenvalue weighted by atomic mass is 10.1. The topological polar surface area (TPSA) is 92.5 Å². The molecule has 1 amide bonds. The van der Waals surface area contributed by atoms with Gasteiger partial charge in [-0.3, -0.25) is 14.9 Å².